The summed E-state index contributed by atoms with van der Waals surface area (Å²) in [4.78, 5) is 55.7. The number of nitrogens with zero attached hydrogens (tertiary/aromatic N) is 3. The minimum absolute atomic E-state index is 0.0415. The summed E-state index contributed by atoms with van der Waals surface area (Å²) in [5.74, 6) is -2.10. The molecule has 3 fully saturated rings. The highest BCUT2D eigenvalue weighted by molar-refractivity contribution is 6.23. The maximum absolute atomic E-state index is 13.5. The van der Waals surface area contributed by atoms with Crippen molar-refractivity contribution in [2.45, 2.75) is 19.4 Å². The number of benzene rings is 2. The highest BCUT2D eigenvalue weighted by Gasteiger charge is 2.70. The van der Waals surface area contributed by atoms with Crippen LogP contribution in [0.2, 0.25) is 0 Å². The molecule has 2 aliphatic carbocycles. The molecule has 0 unspecified atom stereocenters. The summed E-state index contributed by atoms with van der Waals surface area (Å²) in [6.07, 6.45) is 0.346. The molecule has 6 rings (SSSR count). The Hall–Kier alpha value is -4.08. The predicted molar refractivity (Wildman–Crippen MR) is 117 cm³/mol. The van der Waals surface area contributed by atoms with E-state index in [9.17, 15) is 24.5 Å². The lowest BCUT2D eigenvalue weighted by Gasteiger charge is -2.29. The van der Waals surface area contributed by atoms with Gasteiger partial charge in [0.05, 0.1) is 28.2 Å². The average Bonchev–Trinajstić information content (AvgIpc) is 3.54. The Labute approximate surface area is 193 Å². The molecule has 2 saturated carbocycles. The number of ether oxygens (including phenoxy) is 1. The van der Waals surface area contributed by atoms with Gasteiger partial charge < -0.3 is 9.57 Å². The van der Waals surface area contributed by atoms with Crippen LogP contribution in [-0.4, -0.2) is 34.5 Å². The standard InChI is InChI=1S/C24H19N3O7/c1-11(28)33-15-7-5-13(6-8-15)26-23(29)18-16-10-17(19(18)24(26)30)22-20(16)21(25-34-22)12-3-2-4-14(9-12)27(31)32/h2-9,16-20,22H,10H2,1H3/t16-,17-,18+,19-,20-,22-/m1/s1. The lowest BCUT2D eigenvalue weighted by atomic mass is 9.71. The van der Waals surface area contributed by atoms with E-state index in [1.807, 2.05) is 0 Å². The molecule has 2 aromatic carbocycles. The van der Waals surface area contributed by atoms with E-state index >= 15 is 0 Å². The van der Waals surface area contributed by atoms with Crippen LogP contribution in [0.15, 0.2) is 53.7 Å². The predicted octanol–water partition coefficient (Wildman–Crippen LogP) is 2.69. The molecule has 1 saturated heterocycles. The van der Waals surface area contributed by atoms with Crippen molar-refractivity contribution >= 4 is 34.9 Å². The summed E-state index contributed by atoms with van der Waals surface area (Å²) in [5.41, 5.74) is 1.59. The number of anilines is 1. The number of nitro groups is 1. The number of esters is 1. The number of rotatable bonds is 4. The smallest absolute Gasteiger partial charge is 0.308 e. The SMILES string of the molecule is CC(=O)Oc1ccc(N2C(=O)[C@@H]3[C@H]4C[C@@H]([C@@H]5C(c6cccc([N+](=O)[O-])c6)=NO[C@H]45)[C@@H]3C2=O)cc1. The number of imide groups is 1. The van der Waals surface area contributed by atoms with Gasteiger partial charge in [0.25, 0.3) is 5.69 Å². The molecule has 10 heteroatoms. The van der Waals surface area contributed by atoms with E-state index in [0.717, 1.165) is 0 Å². The molecular weight excluding hydrogens is 442 g/mol. The molecule has 4 aliphatic rings. The van der Waals surface area contributed by atoms with Gasteiger partial charge in [-0.1, -0.05) is 17.3 Å². The second kappa shape index (κ2) is 7.21. The number of fused-ring (bicyclic) bond motifs is 8. The molecular formula is C24H19N3O7. The third kappa shape index (κ3) is 2.81. The van der Waals surface area contributed by atoms with E-state index in [2.05, 4.69) is 5.16 Å². The van der Waals surface area contributed by atoms with Crippen LogP contribution in [0.3, 0.4) is 0 Å². The van der Waals surface area contributed by atoms with E-state index in [1.54, 1.807) is 36.4 Å². The Morgan fingerprint density at radius 3 is 2.47 bits per heavy atom. The molecule has 0 aromatic heterocycles. The fourth-order valence-electron chi connectivity index (χ4n) is 6.23. The van der Waals surface area contributed by atoms with Gasteiger partial charge in [-0.15, -0.1) is 0 Å². The highest BCUT2D eigenvalue weighted by atomic mass is 16.6. The summed E-state index contributed by atoms with van der Waals surface area (Å²) in [7, 11) is 0. The van der Waals surface area contributed by atoms with Gasteiger partial charge in [-0.3, -0.25) is 29.4 Å². The zero-order valence-corrected chi connectivity index (χ0v) is 18.0. The number of amides is 2. The maximum Gasteiger partial charge on any atom is 0.308 e. The minimum Gasteiger partial charge on any atom is -0.427 e. The van der Waals surface area contributed by atoms with Crippen molar-refractivity contribution in [3.8, 4) is 5.75 Å². The van der Waals surface area contributed by atoms with E-state index < -0.39 is 22.7 Å². The van der Waals surface area contributed by atoms with E-state index in [1.165, 1.54) is 24.0 Å². The number of carbonyl (C=O) groups excluding carboxylic acids is 3. The minimum atomic E-state index is -0.488. The molecule has 2 aliphatic heterocycles. The van der Waals surface area contributed by atoms with Gasteiger partial charge >= 0.3 is 5.97 Å². The van der Waals surface area contributed by atoms with Gasteiger partial charge in [0.1, 0.15) is 11.9 Å². The van der Waals surface area contributed by atoms with Crippen molar-refractivity contribution in [1.29, 1.82) is 0 Å². The van der Waals surface area contributed by atoms with Crippen LogP contribution in [0.4, 0.5) is 11.4 Å². The first-order chi connectivity index (χ1) is 16.3. The van der Waals surface area contributed by atoms with E-state index in [-0.39, 0.29) is 41.4 Å². The van der Waals surface area contributed by atoms with Crippen molar-refractivity contribution in [2.24, 2.45) is 34.7 Å². The monoisotopic (exact) mass is 461 g/mol. The summed E-state index contributed by atoms with van der Waals surface area (Å²) in [6, 6.07) is 12.5. The third-order valence-corrected chi connectivity index (χ3v) is 7.40. The first kappa shape index (κ1) is 20.5. The van der Waals surface area contributed by atoms with Crippen molar-refractivity contribution < 1.29 is 28.9 Å². The van der Waals surface area contributed by atoms with Crippen LogP contribution in [0, 0.1) is 39.7 Å². The van der Waals surface area contributed by atoms with Crippen molar-refractivity contribution in [3.63, 3.8) is 0 Å². The lowest BCUT2D eigenvalue weighted by molar-refractivity contribution is -0.384. The van der Waals surface area contributed by atoms with Crippen LogP contribution in [0.1, 0.15) is 18.9 Å². The Balaban J connectivity index is 1.29. The van der Waals surface area contributed by atoms with Crippen LogP contribution in [0.5, 0.6) is 5.75 Å². The van der Waals surface area contributed by atoms with Crippen LogP contribution >= 0.6 is 0 Å². The van der Waals surface area contributed by atoms with Crippen molar-refractivity contribution in [2.75, 3.05) is 4.90 Å². The van der Waals surface area contributed by atoms with Gasteiger partial charge in [0, 0.05) is 36.5 Å². The normalized spacial score (nSPS) is 30.6. The Morgan fingerprint density at radius 2 is 1.79 bits per heavy atom. The summed E-state index contributed by atoms with van der Waals surface area (Å²) >= 11 is 0. The van der Waals surface area contributed by atoms with Crippen molar-refractivity contribution in [3.05, 3.63) is 64.2 Å². The van der Waals surface area contributed by atoms with Crippen LogP contribution < -0.4 is 9.64 Å². The fraction of sp³-hybridized carbons (Fsp3) is 0.333. The van der Waals surface area contributed by atoms with Gasteiger partial charge in [-0.25, -0.2) is 0 Å². The average molecular weight is 461 g/mol. The zero-order chi connectivity index (χ0) is 23.7. The number of non-ortho nitro benzene ring substituents is 1. The molecule has 0 N–H and O–H groups in total. The first-order valence-corrected chi connectivity index (χ1v) is 11.0. The molecule has 172 valence electrons. The molecule has 0 radical (unpaired) electrons. The molecule has 0 spiro atoms. The van der Waals surface area contributed by atoms with Crippen LogP contribution in [-0.2, 0) is 19.2 Å². The Morgan fingerprint density at radius 1 is 1.09 bits per heavy atom. The third-order valence-electron chi connectivity index (χ3n) is 7.40. The second-order valence-electron chi connectivity index (χ2n) is 9.09. The zero-order valence-electron chi connectivity index (χ0n) is 18.0. The van der Waals surface area contributed by atoms with E-state index in [0.29, 0.717) is 29.1 Å². The summed E-state index contributed by atoms with van der Waals surface area (Å²) in [6.45, 7) is 1.29. The highest BCUT2D eigenvalue weighted by Crippen LogP contribution is 2.62. The molecule has 2 amide bonds. The molecule has 2 heterocycles. The Bertz CT molecular complexity index is 1290. The van der Waals surface area contributed by atoms with Crippen molar-refractivity contribution in [1.82, 2.24) is 0 Å². The number of carbonyl (C=O) groups is 3. The quantitative estimate of drug-likeness (QED) is 0.225. The van der Waals surface area contributed by atoms with Gasteiger partial charge in [0.2, 0.25) is 11.8 Å². The van der Waals surface area contributed by atoms with Gasteiger partial charge in [0.15, 0.2) is 0 Å². The maximum atomic E-state index is 13.5. The molecule has 6 atom stereocenters. The van der Waals surface area contributed by atoms with E-state index in [4.69, 9.17) is 9.57 Å². The number of nitro benzene ring substituents is 1. The molecule has 10 nitrogen and oxygen atoms in total. The first-order valence-electron chi connectivity index (χ1n) is 11.0. The van der Waals surface area contributed by atoms with Gasteiger partial charge in [-0.2, -0.15) is 0 Å². The number of hydrogen-bond acceptors (Lipinski definition) is 8. The summed E-state index contributed by atoms with van der Waals surface area (Å²) < 4.78 is 5.03. The van der Waals surface area contributed by atoms with Crippen LogP contribution in [0.25, 0.3) is 0 Å². The topological polar surface area (TPSA) is 128 Å². The molecule has 2 bridgehead atoms. The number of hydrogen-bond donors (Lipinski definition) is 0. The number of oxime groups is 1. The van der Waals surface area contributed by atoms with Gasteiger partial charge in [-0.05, 0) is 36.6 Å². The summed E-state index contributed by atoms with van der Waals surface area (Å²) in [5, 5.41) is 15.5. The molecule has 34 heavy (non-hydrogen) atoms. The molecule has 2 aromatic rings. The fourth-order valence-corrected chi connectivity index (χ4v) is 6.23. The Kier molecular flexibility index (Phi) is 4.35. The largest absolute Gasteiger partial charge is 0.427 e. The second-order valence-corrected chi connectivity index (χ2v) is 9.09. The lowest BCUT2D eigenvalue weighted by Crippen LogP contribution is -2.41.